The van der Waals surface area contributed by atoms with Gasteiger partial charge in [0.05, 0.1) is 16.4 Å². The first-order valence-electron chi connectivity index (χ1n) is 11.0. The molecule has 2 N–H and O–H groups in total. The van der Waals surface area contributed by atoms with Crippen molar-refractivity contribution in [3.63, 3.8) is 0 Å². The highest BCUT2D eigenvalue weighted by molar-refractivity contribution is 6.34. The highest BCUT2D eigenvalue weighted by atomic mass is 35.5. The minimum Gasteiger partial charge on any atom is -0.490 e. The van der Waals surface area contributed by atoms with Gasteiger partial charge in [-0.15, -0.1) is 0 Å². The van der Waals surface area contributed by atoms with Crippen molar-refractivity contribution < 1.29 is 23.4 Å². The number of halogens is 3. The molecule has 1 amide bonds. The molecule has 0 unspecified atom stereocenters. The van der Waals surface area contributed by atoms with Gasteiger partial charge in [0.2, 0.25) is 5.91 Å². The van der Waals surface area contributed by atoms with Crippen molar-refractivity contribution in [1.29, 1.82) is 0 Å². The fourth-order valence-corrected chi connectivity index (χ4v) is 4.59. The monoisotopic (exact) mass is 464 g/mol. The Morgan fingerprint density at radius 3 is 2.66 bits per heavy atom. The molecule has 0 aromatic heterocycles. The number of ether oxygens (including phenoxy) is 1. The maximum atomic E-state index is 14.4. The van der Waals surface area contributed by atoms with Crippen molar-refractivity contribution >= 4 is 28.9 Å². The van der Waals surface area contributed by atoms with E-state index in [0.717, 1.165) is 18.1 Å². The number of amides is 1. The van der Waals surface area contributed by atoms with Gasteiger partial charge < -0.3 is 20.1 Å². The summed E-state index contributed by atoms with van der Waals surface area (Å²) >= 11 is 6.20. The smallest absolute Gasteiger partial charge is 0.224 e. The number of piperidine rings is 1. The Hall–Kier alpha value is -2.38. The number of carbonyl (C=O) groups is 1. The quantitative estimate of drug-likeness (QED) is 0.640. The topological polar surface area (TPSA) is 61.8 Å². The number of benzene rings is 2. The Balaban J connectivity index is 1.42. The van der Waals surface area contributed by atoms with Crippen LogP contribution in [0.1, 0.15) is 43.7 Å². The number of aliphatic hydroxyl groups is 1. The predicted molar refractivity (Wildman–Crippen MR) is 121 cm³/mol. The highest BCUT2D eigenvalue weighted by Gasteiger charge is 2.35. The van der Waals surface area contributed by atoms with Gasteiger partial charge in [0, 0.05) is 31.1 Å². The van der Waals surface area contributed by atoms with Gasteiger partial charge in [0.1, 0.15) is 29.6 Å². The lowest BCUT2D eigenvalue weighted by Crippen LogP contribution is -2.48. The third-order valence-electron chi connectivity index (χ3n) is 6.25. The molecular formula is C24H27ClF2N2O3. The zero-order valence-electron chi connectivity index (χ0n) is 18.0. The summed E-state index contributed by atoms with van der Waals surface area (Å²) in [7, 11) is 0. The Bertz CT molecular complexity index is 1020. The molecule has 2 aliphatic heterocycles. The summed E-state index contributed by atoms with van der Waals surface area (Å²) in [6, 6.07) is 5.95. The second-order valence-electron chi connectivity index (χ2n) is 8.59. The molecule has 0 saturated carbocycles. The molecule has 1 saturated heterocycles. The highest BCUT2D eigenvalue weighted by Crippen LogP contribution is 2.38. The standard InChI is InChI=1S/C24H27ClF2N2O3/c1-2-3-15-12-20(19(27)13-18(15)26)29-10-8-24(31,9-11-29)14-32-21-6-5-17(25)23-16(21)4-7-22(30)28-23/h5-6,12-13,31H,2-4,7-11,14H2,1H3,(H,28,30). The lowest BCUT2D eigenvalue weighted by molar-refractivity contribution is -0.116. The number of carbonyl (C=O) groups excluding carboxylic acids is 1. The average molecular weight is 465 g/mol. The van der Waals surface area contributed by atoms with Crippen LogP contribution in [0, 0.1) is 11.6 Å². The molecule has 0 spiro atoms. The molecule has 2 aromatic carbocycles. The molecule has 8 heteroatoms. The van der Waals surface area contributed by atoms with E-state index in [4.69, 9.17) is 16.3 Å². The van der Waals surface area contributed by atoms with E-state index < -0.39 is 17.2 Å². The van der Waals surface area contributed by atoms with Crippen LogP contribution in [0.5, 0.6) is 5.75 Å². The Labute approximate surface area is 191 Å². The first kappa shape index (κ1) is 22.8. The summed E-state index contributed by atoms with van der Waals surface area (Å²) in [5.41, 5.74) is 1.21. The van der Waals surface area contributed by atoms with Crippen molar-refractivity contribution in [2.45, 2.75) is 51.0 Å². The van der Waals surface area contributed by atoms with Gasteiger partial charge in [-0.05, 0) is 49.4 Å². The number of rotatable bonds is 6. The van der Waals surface area contributed by atoms with Crippen molar-refractivity contribution in [2.24, 2.45) is 0 Å². The largest absolute Gasteiger partial charge is 0.490 e. The number of nitrogens with zero attached hydrogens (tertiary/aromatic N) is 1. The van der Waals surface area contributed by atoms with Gasteiger partial charge in [-0.2, -0.15) is 0 Å². The summed E-state index contributed by atoms with van der Waals surface area (Å²) in [4.78, 5) is 13.5. The molecule has 5 nitrogen and oxygen atoms in total. The van der Waals surface area contributed by atoms with Crippen LogP contribution < -0.4 is 15.0 Å². The minimum atomic E-state index is -1.07. The van der Waals surface area contributed by atoms with Crippen LogP contribution in [0.3, 0.4) is 0 Å². The van der Waals surface area contributed by atoms with Crippen LogP contribution in [-0.4, -0.2) is 36.3 Å². The van der Waals surface area contributed by atoms with Crippen LogP contribution in [-0.2, 0) is 17.6 Å². The predicted octanol–water partition coefficient (Wildman–Crippen LogP) is 4.87. The zero-order valence-corrected chi connectivity index (χ0v) is 18.8. The molecule has 32 heavy (non-hydrogen) atoms. The summed E-state index contributed by atoms with van der Waals surface area (Å²) < 4.78 is 34.4. The van der Waals surface area contributed by atoms with E-state index in [1.165, 1.54) is 0 Å². The van der Waals surface area contributed by atoms with E-state index >= 15 is 0 Å². The van der Waals surface area contributed by atoms with Crippen molar-refractivity contribution in [2.75, 3.05) is 29.9 Å². The summed E-state index contributed by atoms with van der Waals surface area (Å²) in [5, 5.41) is 14.3. The van der Waals surface area contributed by atoms with E-state index in [1.54, 1.807) is 18.2 Å². The van der Waals surface area contributed by atoms with Gasteiger partial charge in [0.15, 0.2) is 0 Å². The van der Waals surface area contributed by atoms with Crippen LogP contribution in [0.15, 0.2) is 24.3 Å². The normalized spacial score (nSPS) is 17.7. The fourth-order valence-electron chi connectivity index (χ4n) is 4.36. The second kappa shape index (κ2) is 9.24. The van der Waals surface area contributed by atoms with Gasteiger partial charge >= 0.3 is 0 Å². The molecule has 2 aromatic rings. The van der Waals surface area contributed by atoms with Crippen LogP contribution in [0.25, 0.3) is 0 Å². The Kier molecular flexibility index (Phi) is 6.58. The average Bonchev–Trinajstić information content (AvgIpc) is 2.76. The molecule has 2 heterocycles. The molecule has 0 bridgehead atoms. The molecule has 4 rings (SSSR count). The van der Waals surface area contributed by atoms with Crippen LogP contribution in [0.2, 0.25) is 5.02 Å². The molecule has 2 aliphatic rings. The summed E-state index contributed by atoms with van der Waals surface area (Å²) in [6.45, 7) is 2.90. The maximum Gasteiger partial charge on any atom is 0.224 e. The Morgan fingerprint density at radius 2 is 1.94 bits per heavy atom. The number of hydrogen-bond acceptors (Lipinski definition) is 4. The summed E-state index contributed by atoms with van der Waals surface area (Å²) in [6.07, 6.45) is 2.98. The molecule has 0 radical (unpaired) electrons. The maximum absolute atomic E-state index is 14.4. The van der Waals surface area contributed by atoms with Gasteiger partial charge in [-0.25, -0.2) is 8.78 Å². The number of hydrogen-bond donors (Lipinski definition) is 2. The van der Waals surface area contributed by atoms with Crippen molar-refractivity contribution in [3.8, 4) is 5.75 Å². The number of nitrogens with one attached hydrogen (secondary N) is 1. The first-order chi connectivity index (χ1) is 15.3. The SMILES string of the molecule is CCCc1cc(N2CCC(O)(COc3ccc(Cl)c4c3CCC(=O)N4)CC2)c(F)cc1F. The number of anilines is 2. The van der Waals surface area contributed by atoms with Crippen LogP contribution >= 0.6 is 11.6 Å². The summed E-state index contributed by atoms with van der Waals surface area (Å²) in [5.74, 6) is -0.594. The molecular weight excluding hydrogens is 438 g/mol. The van der Waals surface area contributed by atoms with Crippen molar-refractivity contribution in [3.05, 3.63) is 52.0 Å². The van der Waals surface area contributed by atoms with Gasteiger partial charge in [-0.3, -0.25) is 4.79 Å². The van der Waals surface area contributed by atoms with Crippen molar-refractivity contribution in [1.82, 2.24) is 0 Å². The number of aryl methyl sites for hydroxylation is 1. The van der Waals surface area contributed by atoms with Gasteiger partial charge in [0.25, 0.3) is 0 Å². The third kappa shape index (κ3) is 4.69. The third-order valence-corrected chi connectivity index (χ3v) is 6.57. The molecule has 0 aliphatic carbocycles. The van der Waals surface area contributed by atoms with E-state index in [1.807, 2.05) is 11.8 Å². The Morgan fingerprint density at radius 1 is 1.19 bits per heavy atom. The zero-order chi connectivity index (χ0) is 22.9. The first-order valence-corrected chi connectivity index (χ1v) is 11.4. The molecule has 172 valence electrons. The lowest BCUT2D eigenvalue weighted by atomic mass is 9.91. The van der Waals surface area contributed by atoms with E-state index in [9.17, 15) is 18.7 Å². The van der Waals surface area contributed by atoms with E-state index in [0.29, 0.717) is 72.9 Å². The van der Waals surface area contributed by atoms with Gasteiger partial charge in [-0.1, -0.05) is 24.9 Å². The minimum absolute atomic E-state index is 0.0792. The lowest BCUT2D eigenvalue weighted by Gasteiger charge is -2.39. The molecule has 0 atom stereocenters. The van der Waals surface area contributed by atoms with E-state index in [-0.39, 0.29) is 12.5 Å². The van der Waals surface area contributed by atoms with E-state index in [2.05, 4.69) is 5.32 Å². The molecule has 1 fully saturated rings. The number of fused-ring (bicyclic) bond motifs is 1. The second-order valence-corrected chi connectivity index (χ2v) is 9.00. The fraction of sp³-hybridized carbons (Fsp3) is 0.458. The van der Waals surface area contributed by atoms with Crippen LogP contribution in [0.4, 0.5) is 20.2 Å².